The smallest absolute Gasteiger partial charge is 0.252 e. The number of nitrogens with one attached hydrogen (secondary N) is 2. The van der Waals surface area contributed by atoms with Gasteiger partial charge in [-0.3, -0.25) is 14.9 Å². The van der Waals surface area contributed by atoms with Gasteiger partial charge in [0.1, 0.15) is 5.01 Å². The van der Waals surface area contributed by atoms with Crippen LogP contribution in [-0.4, -0.2) is 26.8 Å². The number of amides is 2. The van der Waals surface area contributed by atoms with E-state index in [9.17, 15) is 9.59 Å². The van der Waals surface area contributed by atoms with E-state index >= 15 is 0 Å². The first kappa shape index (κ1) is 15.9. The van der Waals surface area contributed by atoms with Crippen molar-refractivity contribution in [1.29, 1.82) is 0 Å². The second-order valence-corrected chi connectivity index (χ2v) is 8.11. The monoisotopic (exact) mass is 348 g/mol. The number of aromatic nitrogens is 2. The molecule has 0 fully saturated rings. The van der Waals surface area contributed by atoms with Gasteiger partial charge in [0.25, 0.3) is 5.91 Å². The molecule has 0 saturated carbocycles. The first-order valence-electron chi connectivity index (χ1n) is 7.14. The lowest BCUT2D eigenvalue weighted by Gasteiger charge is -2.31. The highest BCUT2D eigenvalue weighted by Crippen LogP contribution is 2.42. The van der Waals surface area contributed by atoms with E-state index in [4.69, 9.17) is 0 Å². The lowest BCUT2D eigenvalue weighted by atomic mass is 10.1. The van der Waals surface area contributed by atoms with Crippen LogP contribution in [0.5, 0.6) is 0 Å². The maximum Gasteiger partial charge on any atom is 0.252 e. The third kappa shape index (κ3) is 2.96. The van der Waals surface area contributed by atoms with Crippen LogP contribution in [0, 0.1) is 0 Å². The fraction of sp³-hybridized carbons (Fsp3) is 0.333. The SMILES string of the molecule is CC(C)c1nnc(NC(=O)C2(C)Sc3ccccc3NC2=O)s1. The summed E-state index contributed by atoms with van der Waals surface area (Å²) in [5.41, 5.74) is 0.728. The molecule has 2 N–H and O–H groups in total. The van der Waals surface area contributed by atoms with Crippen LogP contribution < -0.4 is 10.6 Å². The van der Waals surface area contributed by atoms with Gasteiger partial charge in [-0.25, -0.2) is 0 Å². The van der Waals surface area contributed by atoms with Crippen LogP contribution in [0.15, 0.2) is 29.2 Å². The lowest BCUT2D eigenvalue weighted by Crippen LogP contribution is -2.49. The molecule has 6 nitrogen and oxygen atoms in total. The van der Waals surface area contributed by atoms with Crippen molar-refractivity contribution < 1.29 is 9.59 Å². The molecule has 23 heavy (non-hydrogen) atoms. The van der Waals surface area contributed by atoms with Crippen LogP contribution in [0.1, 0.15) is 31.7 Å². The fourth-order valence-corrected chi connectivity index (χ4v) is 3.89. The predicted octanol–water partition coefficient (Wildman–Crippen LogP) is 3.10. The third-order valence-corrected chi connectivity index (χ3v) is 5.97. The average molecular weight is 348 g/mol. The number of hydrogen-bond donors (Lipinski definition) is 2. The average Bonchev–Trinajstić information content (AvgIpc) is 2.97. The quantitative estimate of drug-likeness (QED) is 0.833. The van der Waals surface area contributed by atoms with Gasteiger partial charge in [-0.2, -0.15) is 0 Å². The number of rotatable bonds is 3. The summed E-state index contributed by atoms with van der Waals surface area (Å²) in [4.78, 5) is 25.9. The summed E-state index contributed by atoms with van der Waals surface area (Å²) < 4.78 is -1.25. The summed E-state index contributed by atoms with van der Waals surface area (Å²) >= 11 is 2.56. The summed E-state index contributed by atoms with van der Waals surface area (Å²) in [7, 11) is 0. The minimum atomic E-state index is -1.25. The number of hydrogen-bond acceptors (Lipinski definition) is 6. The first-order valence-corrected chi connectivity index (χ1v) is 8.78. The van der Waals surface area contributed by atoms with Crippen molar-refractivity contribution >= 4 is 45.7 Å². The van der Waals surface area contributed by atoms with Crippen LogP contribution in [0.4, 0.5) is 10.8 Å². The molecule has 1 aliphatic heterocycles. The number of nitrogens with zero attached hydrogens (tertiary/aromatic N) is 2. The van der Waals surface area contributed by atoms with E-state index in [1.54, 1.807) is 6.92 Å². The van der Waals surface area contributed by atoms with E-state index in [1.165, 1.54) is 23.1 Å². The van der Waals surface area contributed by atoms with Gasteiger partial charge in [0.05, 0.1) is 5.69 Å². The minimum absolute atomic E-state index is 0.243. The molecule has 3 rings (SSSR count). The third-order valence-electron chi connectivity index (χ3n) is 3.47. The summed E-state index contributed by atoms with van der Waals surface area (Å²) in [6.45, 7) is 5.63. The minimum Gasteiger partial charge on any atom is -0.323 e. The number of thioether (sulfide) groups is 1. The Morgan fingerprint density at radius 2 is 2.04 bits per heavy atom. The van der Waals surface area contributed by atoms with Crippen molar-refractivity contribution in [3.8, 4) is 0 Å². The van der Waals surface area contributed by atoms with Crippen LogP contribution >= 0.6 is 23.1 Å². The molecule has 2 heterocycles. The Hall–Kier alpha value is -1.93. The molecular weight excluding hydrogens is 332 g/mol. The zero-order valence-corrected chi connectivity index (χ0v) is 14.5. The van der Waals surface area contributed by atoms with E-state index in [0.717, 1.165) is 15.6 Å². The molecule has 1 unspecified atom stereocenters. The molecule has 2 amide bonds. The Balaban J connectivity index is 1.82. The first-order chi connectivity index (χ1) is 10.9. The van der Waals surface area contributed by atoms with E-state index in [-0.39, 0.29) is 11.8 Å². The van der Waals surface area contributed by atoms with E-state index in [1.807, 2.05) is 38.1 Å². The van der Waals surface area contributed by atoms with Crippen LogP contribution in [0.25, 0.3) is 0 Å². The number of carbonyl (C=O) groups excluding carboxylic acids is 2. The zero-order valence-electron chi connectivity index (χ0n) is 12.9. The van der Waals surface area contributed by atoms with Gasteiger partial charge in [-0.1, -0.05) is 49.1 Å². The van der Waals surface area contributed by atoms with E-state index < -0.39 is 10.7 Å². The zero-order chi connectivity index (χ0) is 16.6. The van der Waals surface area contributed by atoms with Gasteiger partial charge in [-0.15, -0.1) is 10.2 Å². The fourth-order valence-electron chi connectivity index (χ4n) is 2.05. The van der Waals surface area contributed by atoms with Gasteiger partial charge in [0, 0.05) is 10.8 Å². The molecule has 1 aromatic heterocycles. The highest BCUT2D eigenvalue weighted by atomic mass is 32.2. The van der Waals surface area contributed by atoms with Crippen molar-refractivity contribution in [1.82, 2.24) is 10.2 Å². The maximum absolute atomic E-state index is 12.6. The Kier molecular flexibility index (Phi) is 4.11. The molecule has 120 valence electrons. The van der Waals surface area contributed by atoms with E-state index in [2.05, 4.69) is 20.8 Å². The summed E-state index contributed by atoms with van der Waals surface area (Å²) in [5, 5.41) is 14.8. The largest absolute Gasteiger partial charge is 0.323 e. The van der Waals surface area contributed by atoms with Crippen molar-refractivity contribution in [3.05, 3.63) is 29.3 Å². The Morgan fingerprint density at radius 1 is 1.30 bits per heavy atom. The number of benzene rings is 1. The van der Waals surface area contributed by atoms with Crippen molar-refractivity contribution in [2.45, 2.75) is 36.3 Å². The van der Waals surface area contributed by atoms with Gasteiger partial charge in [0.15, 0.2) is 4.75 Å². The molecule has 0 bridgehead atoms. The number of fused-ring (bicyclic) bond motifs is 1. The second kappa shape index (κ2) is 5.93. The molecule has 0 aliphatic carbocycles. The Labute approximate surface area is 142 Å². The Morgan fingerprint density at radius 3 is 2.74 bits per heavy atom. The van der Waals surface area contributed by atoms with Crippen LogP contribution in [0.2, 0.25) is 0 Å². The van der Waals surface area contributed by atoms with Crippen molar-refractivity contribution in [3.63, 3.8) is 0 Å². The van der Waals surface area contributed by atoms with Gasteiger partial charge < -0.3 is 5.32 Å². The standard InChI is InChI=1S/C15H16N4O2S2/c1-8(2)11-18-19-14(22-11)17-13(21)15(3)12(20)16-9-6-4-5-7-10(9)23-15/h4-8H,1-3H3,(H,16,20)(H,17,19,21). The number of para-hydroxylation sites is 1. The molecule has 1 aromatic carbocycles. The summed E-state index contributed by atoms with van der Waals surface area (Å²) in [6, 6.07) is 7.42. The molecular formula is C15H16N4O2S2. The molecule has 8 heteroatoms. The molecule has 1 atom stereocenters. The normalized spacial score (nSPS) is 20.1. The van der Waals surface area contributed by atoms with Crippen LogP contribution in [-0.2, 0) is 9.59 Å². The molecule has 0 spiro atoms. The molecule has 1 aliphatic rings. The van der Waals surface area contributed by atoms with Crippen molar-refractivity contribution in [2.75, 3.05) is 10.6 Å². The predicted molar refractivity (Wildman–Crippen MR) is 92.0 cm³/mol. The number of anilines is 2. The lowest BCUT2D eigenvalue weighted by molar-refractivity contribution is -0.126. The summed E-state index contributed by atoms with van der Waals surface area (Å²) in [6.07, 6.45) is 0. The summed E-state index contributed by atoms with van der Waals surface area (Å²) in [5.74, 6) is -0.499. The topological polar surface area (TPSA) is 84.0 Å². The Bertz CT molecular complexity index is 774. The highest BCUT2D eigenvalue weighted by Gasteiger charge is 2.46. The number of carbonyl (C=O) groups is 2. The van der Waals surface area contributed by atoms with Gasteiger partial charge in [-0.05, 0) is 19.1 Å². The van der Waals surface area contributed by atoms with E-state index in [0.29, 0.717) is 5.13 Å². The highest BCUT2D eigenvalue weighted by molar-refractivity contribution is 8.02. The van der Waals surface area contributed by atoms with Gasteiger partial charge >= 0.3 is 0 Å². The maximum atomic E-state index is 12.6. The second-order valence-electron chi connectivity index (χ2n) is 5.64. The molecule has 2 aromatic rings. The molecule has 0 saturated heterocycles. The van der Waals surface area contributed by atoms with Crippen LogP contribution in [0.3, 0.4) is 0 Å². The van der Waals surface area contributed by atoms with Gasteiger partial charge in [0.2, 0.25) is 11.0 Å². The van der Waals surface area contributed by atoms with Crippen molar-refractivity contribution in [2.24, 2.45) is 0 Å². The molecule has 0 radical (unpaired) electrons.